The van der Waals surface area contributed by atoms with Gasteiger partial charge in [0.05, 0.1) is 10.2 Å². The first-order chi connectivity index (χ1) is 15.8. The van der Waals surface area contributed by atoms with Crippen LogP contribution in [0.4, 0.5) is 17.1 Å². The molecule has 0 spiro atoms. The summed E-state index contributed by atoms with van der Waals surface area (Å²) in [6.07, 6.45) is 0.598. The van der Waals surface area contributed by atoms with Gasteiger partial charge in [-0.05, 0) is 55.3 Å². The molecule has 0 aliphatic rings. The second-order valence-corrected chi connectivity index (χ2v) is 8.97. The first kappa shape index (κ1) is 24.3. The molecule has 0 aliphatic heterocycles. The number of hydrogen-bond donors (Lipinski definition) is 2. The molecule has 1 unspecified atom stereocenters. The summed E-state index contributed by atoms with van der Waals surface area (Å²) in [5, 5.41) is 16.8. The molecule has 0 aliphatic carbocycles. The second-order valence-electron chi connectivity index (χ2n) is 7.25. The van der Waals surface area contributed by atoms with Crippen LogP contribution in [0.2, 0.25) is 5.02 Å². The third-order valence-electron chi connectivity index (χ3n) is 4.81. The molecule has 33 heavy (non-hydrogen) atoms. The fourth-order valence-corrected chi connectivity index (χ4v) is 4.23. The number of amides is 2. The largest absolute Gasteiger partial charge is 0.325 e. The van der Waals surface area contributed by atoms with E-state index in [2.05, 4.69) is 10.6 Å². The van der Waals surface area contributed by atoms with Crippen molar-refractivity contribution in [1.29, 1.82) is 0 Å². The summed E-state index contributed by atoms with van der Waals surface area (Å²) in [7, 11) is 0. The number of rotatable bonds is 8. The van der Waals surface area contributed by atoms with Gasteiger partial charge in [-0.25, -0.2) is 0 Å². The van der Waals surface area contributed by atoms with E-state index in [-0.39, 0.29) is 22.4 Å². The maximum atomic E-state index is 12.8. The van der Waals surface area contributed by atoms with Crippen molar-refractivity contribution in [3.8, 4) is 0 Å². The maximum Gasteiger partial charge on any atom is 0.270 e. The van der Waals surface area contributed by atoms with Crippen LogP contribution >= 0.6 is 23.4 Å². The Labute approximate surface area is 200 Å². The van der Waals surface area contributed by atoms with E-state index in [1.165, 1.54) is 36.0 Å². The molecule has 0 fully saturated rings. The van der Waals surface area contributed by atoms with E-state index in [1.54, 1.807) is 30.3 Å². The molecule has 0 radical (unpaired) electrons. The third-order valence-corrected chi connectivity index (χ3v) is 6.40. The molecular formula is C24H22ClN3O4S. The van der Waals surface area contributed by atoms with Gasteiger partial charge in [0.15, 0.2) is 0 Å². The van der Waals surface area contributed by atoms with Crippen molar-refractivity contribution in [1.82, 2.24) is 0 Å². The normalized spacial score (nSPS) is 11.5. The Morgan fingerprint density at radius 1 is 1.06 bits per heavy atom. The molecule has 0 aromatic heterocycles. The monoisotopic (exact) mass is 483 g/mol. The quantitative estimate of drug-likeness (QED) is 0.222. The van der Waals surface area contributed by atoms with E-state index in [1.807, 2.05) is 26.0 Å². The molecule has 2 N–H and O–H groups in total. The second kappa shape index (κ2) is 11.0. The molecule has 3 rings (SSSR count). The van der Waals surface area contributed by atoms with E-state index in [0.29, 0.717) is 22.8 Å². The van der Waals surface area contributed by atoms with Crippen molar-refractivity contribution in [3.63, 3.8) is 0 Å². The summed E-state index contributed by atoms with van der Waals surface area (Å²) in [5.74, 6) is -0.596. The Balaban J connectivity index is 1.69. The Morgan fingerprint density at radius 3 is 2.55 bits per heavy atom. The third kappa shape index (κ3) is 6.57. The van der Waals surface area contributed by atoms with E-state index < -0.39 is 10.8 Å². The number of carbonyl (C=O) groups excluding carboxylic acids is 2. The number of aryl methyl sites for hydroxylation is 1. The molecule has 170 valence electrons. The standard InChI is InChI=1S/C24H22ClN3O4S/c1-3-22(24(30)27-21-13-17(25)11-10-15(21)2)33-20-9-5-7-18(14-20)26-23(29)16-6-4-8-19(12-16)28(31)32/h4-14,22H,3H2,1-2H3,(H,26,29)(H,27,30). The number of nitro groups is 1. The Morgan fingerprint density at radius 2 is 1.82 bits per heavy atom. The van der Waals surface area contributed by atoms with Crippen LogP contribution in [-0.2, 0) is 4.79 Å². The van der Waals surface area contributed by atoms with Gasteiger partial charge in [-0.2, -0.15) is 0 Å². The number of nitro benzene ring substituents is 1. The van der Waals surface area contributed by atoms with Crippen LogP contribution in [-0.4, -0.2) is 22.0 Å². The number of non-ortho nitro benzene ring substituents is 1. The zero-order valence-corrected chi connectivity index (χ0v) is 19.6. The highest BCUT2D eigenvalue weighted by atomic mass is 35.5. The predicted octanol–water partition coefficient (Wildman–Crippen LogP) is 6.32. The van der Waals surface area contributed by atoms with Gasteiger partial charge >= 0.3 is 0 Å². The van der Waals surface area contributed by atoms with Crippen molar-refractivity contribution in [2.75, 3.05) is 10.6 Å². The number of thioether (sulfide) groups is 1. The highest BCUT2D eigenvalue weighted by molar-refractivity contribution is 8.00. The predicted molar refractivity (Wildman–Crippen MR) is 132 cm³/mol. The van der Waals surface area contributed by atoms with Crippen molar-refractivity contribution >= 4 is 52.2 Å². The Kier molecular flexibility index (Phi) is 8.08. The lowest BCUT2D eigenvalue weighted by Crippen LogP contribution is -2.25. The van der Waals surface area contributed by atoms with E-state index in [4.69, 9.17) is 11.6 Å². The highest BCUT2D eigenvalue weighted by Gasteiger charge is 2.19. The van der Waals surface area contributed by atoms with Gasteiger partial charge in [0, 0.05) is 39.0 Å². The fourth-order valence-electron chi connectivity index (χ4n) is 3.04. The van der Waals surface area contributed by atoms with Crippen molar-refractivity contribution in [3.05, 3.63) is 93.0 Å². The lowest BCUT2D eigenvalue weighted by atomic mass is 10.2. The van der Waals surface area contributed by atoms with Gasteiger partial charge in [-0.3, -0.25) is 19.7 Å². The molecule has 3 aromatic carbocycles. The number of hydrogen-bond acceptors (Lipinski definition) is 5. The van der Waals surface area contributed by atoms with Crippen molar-refractivity contribution < 1.29 is 14.5 Å². The van der Waals surface area contributed by atoms with Crippen LogP contribution in [0.3, 0.4) is 0 Å². The van der Waals surface area contributed by atoms with Crippen molar-refractivity contribution in [2.24, 2.45) is 0 Å². The van der Waals surface area contributed by atoms with Gasteiger partial charge < -0.3 is 10.6 Å². The molecule has 0 bridgehead atoms. The number of benzene rings is 3. The number of nitrogens with one attached hydrogen (secondary N) is 2. The lowest BCUT2D eigenvalue weighted by Gasteiger charge is -2.16. The molecular weight excluding hydrogens is 462 g/mol. The fraction of sp³-hybridized carbons (Fsp3) is 0.167. The van der Waals surface area contributed by atoms with Crippen LogP contribution in [0.5, 0.6) is 0 Å². The van der Waals surface area contributed by atoms with Gasteiger partial charge in [-0.1, -0.05) is 36.7 Å². The van der Waals surface area contributed by atoms with Crippen molar-refractivity contribution in [2.45, 2.75) is 30.4 Å². The maximum absolute atomic E-state index is 12.8. The van der Waals surface area contributed by atoms with Crippen LogP contribution in [0.15, 0.2) is 71.6 Å². The zero-order valence-electron chi connectivity index (χ0n) is 18.0. The molecule has 2 amide bonds. The SMILES string of the molecule is CCC(Sc1cccc(NC(=O)c2cccc([N+](=O)[O-])c2)c1)C(=O)Nc1cc(Cl)ccc1C. The highest BCUT2D eigenvalue weighted by Crippen LogP contribution is 2.29. The molecule has 3 aromatic rings. The first-order valence-electron chi connectivity index (χ1n) is 10.2. The average molecular weight is 484 g/mol. The summed E-state index contributed by atoms with van der Waals surface area (Å²) >= 11 is 7.43. The number of halogens is 1. The minimum Gasteiger partial charge on any atom is -0.325 e. The zero-order chi connectivity index (χ0) is 24.0. The Bertz CT molecular complexity index is 1200. The molecule has 0 saturated carbocycles. The molecule has 1 atom stereocenters. The summed E-state index contributed by atoms with van der Waals surface area (Å²) in [5.41, 5.74) is 2.14. The molecule has 0 saturated heterocycles. The van der Waals surface area contributed by atoms with E-state index in [9.17, 15) is 19.7 Å². The Hall–Kier alpha value is -3.36. The molecule has 9 heteroatoms. The van der Waals surface area contributed by atoms with Crippen LogP contribution in [0.1, 0.15) is 29.3 Å². The number of anilines is 2. The number of carbonyl (C=O) groups is 2. The van der Waals surface area contributed by atoms with Crippen LogP contribution in [0, 0.1) is 17.0 Å². The van der Waals surface area contributed by atoms with Gasteiger partial charge in [0.25, 0.3) is 11.6 Å². The minimum absolute atomic E-state index is 0.140. The molecule has 7 nitrogen and oxygen atoms in total. The summed E-state index contributed by atoms with van der Waals surface area (Å²) in [4.78, 5) is 36.6. The summed E-state index contributed by atoms with van der Waals surface area (Å²) in [6.45, 7) is 3.82. The van der Waals surface area contributed by atoms with Gasteiger partial charge in [0.1, 0.15) is 0 Å². The number of nitrogens with zero attached hydrogens (tertiary/aromatic N) is 1. The van der Waals surface area contributed by atoms with E-state index >= 15 is 0 Å². The summed E-state index contributed by atoms with van der Waals surface area (Å²) in [6, 6.07) is 18.0. The summed E-state index contributed by atoms with van der Waals surface area (Å²) < 4.78 is 0. The van der Waals surface area contributed by atoms with E-state index in [0.717, 1.165) is 10.5 Å². The minimum atomic E-state index is -0.547. The van der Waals surface area contributed by atoms with Crippen LogP contribution < -0.4 is 10.6 Å². The average Bonchev–Trinajstić information content (AvgIpc) is 2.80. The van der Waals surface area contributed by atoms with Gasteiger partial charge in [-0.15, -0.1) is 11.8 Å². The topological polar surface area (TPSA) is 101 Å². The smallest absolute Gasteiger partial charge is 0.270 e. The lowest BCUT2D eigenvalue weighted by molar-refractivity contribution is -0.384. The molecule has 0 heterocycles. The van der Waals surface area contributed by atoms with Gasteiger partial charge in [0.2, 0.25) is 5.91 Å². The van der Waals surface area contributed by atoms with Crippen LogP contribution in [0.25, 0.3) is 0 Å². The first-order valence-corrected chi connectivity index (χ1v) is 11.4.